The van der Waals surface area contributed by atoms with Crippen molar-refractivity contribution in [3.63, 3.8) is 0 Å². The van der Waals surface area contributed by atoms with Gasteiger partial charge in [0.2, 0.25) is 0 Å². The minimum Gasteiger partial charge on any atom is -0.338 e. The number of imidazole rings is 1. The molecule has 3 aromatic rings. The van der Waals surface area contributed by atoms with Crippen molar-refractivity contribution in [3.05, 3.63) is 65.8 Å². The Morgan fingerprint density at radius 2 is 1.42 bits per heavy atom. The SMILES string of the molecule is O=C(Nc1ccc(-c2nc3cc(NC(=O)C4=CCCC4)ccc3[nH]2)cc1)C1=CCCC1. The third-order valence-electron chi connectivity index (χ3n) is 5.82. The molecule has 0 radical (unpaired) electrons. The summed E-state index contributed by atoms with van der Waals surface area (Å²) in [4.78, 5) is 32.6. The van der Waals surface area contributed by atoms with Gasteiger partial charge in [-0.05, 0) is 81.0 Å². The topological polar surface area (TPSA) is 86.9 Å². The summed E-state index contributed by atoms with van der Waals surface area (Å²) in [7, 11) is 0. The Labute approximate surface area is 180 Å². The van der Waals surface area contributed by atoms with Crippen molar-refractivity contribution < 1.29 is 9.59 Å². The zero-order valence-electron chi connectivity index (χ0n) is 17.2. The molecule has 156 valence electrons. The second-order valence-corrected chi connectivity index (χ2v) is 8.05. The Kier molecular flexibility index (Phi) is 5.12. The van der Waals surface area contributed by atoms with Crippen molar-refractivity contribution in [3.8, 4) is 11.4 Å². The Bertz CT molecular complexity index is 1220. The van der Waals surface area contributed by atoms with Crippen LogP contribution in [0.25, 0.3) is 22.4 Å². The molecule has 1 heterocycles. The number of H-pyrrole nitrogens is 1. The Morgan fingerprint density at radius 3 is 2.03 bits per heavy atom. The summed E-state index contributed by atoms with van der Waals surface area (Å²) in [6, 6.07) is 13.3. The van der Waals surface area contributed by atoms with Crippen LogP contribution in [0.4, 0.5) is 11.4 Å². The maximum absolute atomic E-state index is 12.3. The molecule has 3 N–H and O–H groups in total. The number of amides is 2. The first-order chi connectivity index (χ1) is 15.2. The summed E-state index contributed by atoms with van der Waals surface area (Å²) in [5, 5.41) is 5.92. The van der Waals surface area contributed by atoms with Crippen molar-refractivity contribution in [2.75, 3.05) is 10.6 Å². The molecular formula is C25H24N4O2. The van der Waals surface area contributed by atoms with Gasteiger partial charge in [-0.1, -0.05) is 12.2 Å². The van der Waals surface area contributed by atoms with Crippen molar-refractivity contribution in [2.45, 2.75) is 38.5 Å². The number of hydrogen-bond acceptors (Lipinski definition) is 3. The number of nitrogens with one attached hydrogen (secondary N) is 3. The molecule has 0 aliphatic heterocycles. The van der Waals surface area contributed by atoms with Crippen LogP contribution in [0.5, 0.6) is 0 Å². The monoisotopic (exact) mass is 412 g/mol. The Balaban J connectivity index is 1.30. The van der Waals surface area contributed by atoms with Gasteiger partial charge in [-0.3, -0.25) is 9.59 Å². The number of nitrogens with zero attached hydrogens (tertiary/aromatic N) is 1. The Morgan fingerprint density at radius 1 is 0.806 bits per heavy atom. The molecule has 2 aliphatic carbocycles. The van der Waals surface area contributed by atoms with E-state index in [1.54, 1.807) is 0 Å². The van der Waals surface area contributed by atoms with Crippen LogP contribution in [-0.4, -0.2) is 21.8 Å². The van der Waals surface area contributed by atoms with Crippen LogP contribution in [0.15, 0.2) is 65.8 Å². The van der Waals surface area contributed by atoms with E-state index in [1.165, 1.54) is 0 Å². The second kappa shape index (κ2) is 8.22. The average Bonchev–Trinajstić information content (AvgIpc) is 3.55. The number of benzene rings is 2. The number of aromatic nitrogens is 2. The smallest absolute Gasteiger partial charge is 0.251 e. The third kappa shape index (κ3) is 4.14. The minimum atomic E-state index is -0.0291. The van der Waals surface area contributed by atoms with Gasteiger partial charge in [-0.2, -0.15) is 0 Å². The molecule has 0 saturated carbocycles. The van der Waals surface area contributed by atoms with Crippen molar-refractivity contribution in [2.24, 2.45) is 0 Å². The van der Waals surface area contributed by atoms with Gasteiger partial charge in [0.05, 0.1) is 11.0 Å². The molecule has 0 spiro atoms. The molecule has 0 fully saturated rings. The first-order valence-corrected chi connectivity index (χ1v) is 10.8. The van der Waals surface area contributed by atoms with Crippen molar-refractivity contribution in [1.82, 2.24) is 9.97 Å². The van der Waals surface area contributed by atoms with E-state index in [0.717, 1.165) is 83.5 Å². The minimum absolute atomic E-state index is 0.0167. The summed E-state index contributed by atoms with van der Waals surface area (Å²) >= 11 is 0. The van der Waals surface area contributed by atoms with E-state index >= 15 is 0 Å². The second-order valence-electron chi connectivity index (χ2n) is 8.05. The fraction of sp³-hybridized carbons (Fsp3) is 0.240. The number of allylic oxidation sites excluding steroid dienone is 2. The number of aromatic amines is 1. The van der Waals surface area contributed by atoms with Crippen LogP contribution >= 0.6 is 0 Å². The van der Waals surface area contributed by atoms with E-state index in [4.69, 9.17) is 0 Å². The molecule has 5 rings (SSSR count). The lowest BCUT2D eigenvalue weighted by Gasteiger charge is -2.06. The van der Waals surface area contributed by atoms with E-state index < -0.39 is 0 Å². The van der Waals surface area contributed by atoms with E-state index in [-0.39, 0.29) is 11.8 Å². The molecule has 2 aromatic carbocycles. The van der Waals surface area contributed by atoms with Gasteiger partial charge < -0.3 is 15.6 Å². The quantitative estimate of drug-likeness (QED) is 0.529. The van der Waals surface area contributed by atoms with Gasteiger partial charge in [-0.25, -0.2) is 4.98 Å². The normalized spacial score (nSPS) is 15.6. The molecule has 1 aromatic heterocycles. The van der Waals surface area contributed by atoms with Gasteiger partial charge in [0, 0.05) is 28.1 Å². The number of rotatable bonds is 5. The van der Waals surface area contributed by atoms with E-state index in [0.29, 0.717) is 0 Å². The maximum Gasteiger partial charge on any atom is 0.251 e. The van der Waals surface area contributed by atoms with Crippen LogP contribution in [0, 0.1) is 0 Å². The Hall–Kier alpha value is -3.67. The molecule has 2 amide bonds. The van der Waals surface area contributed by atoms with Gasteiger partial charge in [0.1, 0.15) is 5.82 Å². The predicted molar refractivity (Wildman–Crippen MR) is 123 cm³/mol. The standard InChI is InChI=1S/C25H24N4O2/c30-24(17-5-1-2-6-17)26-19-11-9-16(10-12-19)23-28-21-14-13-20(15-22(21)29-23)27-25(31)18-7-3-4-8-18/h5,7,9-15H,1-4,6,8H2,(H,26,30)(H,27,31)(H,28,29). The van der Waals surface area contributed by atoms with E-state index in [1.807, 2.05) is 54.6 Å². The maximum atomic E-state index is 12.3. The molecule has 0 saturated heterocycles. The summed E-state index contributed by atoms with van der Waals surface area (Å²) in [5.74, 6) is 0.698. The fourth-order valence-electron chi connectivity index (χ4n) is 4.11. The summed E-state index contributed by atoms with van der Waals surface area (Å²) < 4.78 is 0. The van der Waals surface area contributed by atoms with Crippen LogP contribution in [0.1, 0.15) is 38.5 Å². The van der Waals surface area contributed by atoms with Crippen molar-refractivity contribution in [1.29, 1.82) is 0 Å². The molecule has 0 unspecified atom stereocenters. The van der Waals surface area contributed by atoms with Crippen LogP contribution < -0.4 is 10.6 Å². The highest BCUT2D eigenvalue weighted by Gasteiger charge is 2.15. The number of fused-ring (bicyclic) bond motifs is 1. The number of hydrogen-bond donors (Lipinski definition) is 3. The van der Waals surface area contributed by atoms with Gasteiger partial charge in [-0.15, -0.1) is 0 Å². The largest absolute Gasteiger partial charge is 0.338 e. The zero-order chi connectivity index (χ0) is 21.2. The third-order valence-corrected chi connectivity index (χ3v) is 5.82. The highest BCUT2D eigenvalue weighted by atomic mass is 16.2. The number of carbonyl (C=O) groups is 2. The van der Waals surface area contributed by atoms with Gasteiger partial charge in [0.25, 0.3) is 11.8 Å². The zero-order valence-corrected chi connectivity index (χ0v) is 17.2. The highest BCUT2D eigenvalue weighted by Crippen LogP contribution is 2.26. The molecule has 0 bridgehead atoms. The molecular weight excluding hydrogens is 388 g/mol. The summed E-state index contributed by atoms with van der Waals surface area (Å²) in [6.45, 7) is 0. The van der Waals surface area contributed by atoms with Gasteiger partial charge >= 0.3 is 0 Å². The van der Waals surface area contributed by atoms with E-state index in [2.05, 4.69) is 20.6 Å². The lowest BCUT2D eigenvalue weighted by atomic mass is 10.2. The molecule has 6 nitrogen and oxygen atoms in total. The summed E-state index contributed by atoms with van der Waals surface area (Å²) in [5.41, 5.74) is 5.85. The van der Waals surface area contributed by atoms with Crippen LogP contribution in [0.2, 0.25) is 0 Å². The highest BCUT2D eigenvalue weighted by molar-refractivity contribution is 6.05. The predicted octanol–water partition coefficient (Wildman–Crippen LogP) is 5.33. The van der Waals surface area contributed by atoms with E-state index in [9.17, 15) is 9.59 Å². The van der Waals surface area contributed by atoms with Gasteiger partial charge in [0.15, 0.2) is 0 Å². The molecule has 2 aliphatic rings. The fourth-order valence-corrected chi connectivity index (χ4v) is 4.11. The number of anilines is 2. The molecule has 0 atom stereocenters. The first-order valence-electron chi connectivity index (χ1n) is 10.8. The number of carbonyl (C=O) groups excluding carboxylic acids is 2. The van der Waals surface area contributed by atoms with Crippen LogP contribution in [-0.2, 0) is 9.59 Å². The average molecular weight is 412 g/mol. The lowest BCUT2D eigenvalue weighted by molar-refractivity contribution is -0.113. The first kappa shape index (κ1) is 19.3. The summed E-state index contributed by atoms with van der Waals surface area (Å²) in [6.07, 6.45) is 9.78. The molecule has 31 heavy (non-hydrogen) atoms. The molecule has 6 heteroatoms. The lowest BCUT2D eigenvalue weighted by Crippen LogP contribution is -2.13. The van der Waals surface area contributed by atoms with Crippen LogP contribution in [0.3, 0.4) is 0 Å². The van der Waals surface area contributed by atoms with Crippen molar-refractivity contribution >= 4 is 34.2 Å².